The molecule has 2 N–H and O–H groups in total. The summed E-state index contributed by atoms with van der Waals surface area (Å²) >= 11 is 0. The number of H-pyrrole nitrogens is 1. The van der Waals surface area contributed by atoms with E-state index in [1.807, 2.05) is 18.4 Å². The fourth-order valence-corrected chi connectivity index (χ4v) is 1.76. The molecule has 96 valence electrons. The summed E-state index contributed by atoms with van der Waals surface area (Å²) in [6.45, 7) is 6.44. The third kappa shape index (κ3) is 2.24. The Bertz CT molecular complexity index is 543. The van der Waals surface area contributed by atoms with Gasteiger partial charge in [-0.05, 0) is 20.8 Å². The van der Waals surface area contributed by atoms with Gasteiger partial charge in [-0.1, -0.05) is 0 Å². The molecule has 2 aromatic rings. The number of nitrogens with zero attached hydrogens (tertiary/aromatic N) is 4. The average molecular weight is 248 g/mol. The number of carbonyl (C=O) groups excluding carboxylic acids is 1. The molecule has 2 aromatic heterocycles. The van der Waals surface area contributed by atoms with Crippen LogP contribution in [0.1, 0.15) is 41.9 Å². The van der Waals surface area contributed by atoms with E-state index in [-0.39, 0.29) is 11.9 Å². The van der Waals surface area contributed by atoms with Gasteiger partial charge in [0.15, 0.2) is 5.82 Å². The number of hydrogen-bond donors (Lipinski definition) is 2. The highest BCUT2D eigenvalue weighted by atomic mass is 16.2. The Balaban J connectivity index is 2.10. The van der Waals surface area contributed by atoms with Crippen LogP contribution in [-0.2, 0) is 6.54 Å². The van der Waals surface area contributed by atoms with Crippen molar-refractivity contribution in [2.24, 2.45) is 0 Å². The van der Waals surface area contributed by atoms with Crippen molar-refractivity contribution in [2.75, 3.05) is 0 Å². The average Bonchev–Trinajstić information content (AvgIpc) is 2.96. The van der Waals surface area contributed by atoms with Crippen molar-refractivity contribution >= 4 is 5.91 Å². The summed E-state index contributed by atoms with van der Waals surface area (Å²) in [5, 5.41) is 10.7. The molecular formula is C11H16N6O. The van der Waals surface area contributed by atoms with Crippen LogP contribution in [0, 0.1) is 6.92 Å². The highest BCUT2D eigenvalue weighted by molar-refractivity contribution is 5.93. The lowest BCUT2D eigenvalue weighted by Crippen LogP contribution is -2.29. The Labute approximate surface area is 105 Å². The third-order valence-corrected chi connectivity index (χ3v) is 2.77. The van der Waals surface area contributed by atoms with Crippen LogP contribution >= 0.6 is 0 Å². The van der Waals surface area contributed by atoms with Gasteiger partial charge in [0.05, 0.1) is 12.4 Å². The molecule has 0 fully saturated rings. The minimum absolute atomic E-state index is 0.212. The number of nitrogens with one attached hydrogen (secondary N) is 2. The molecule has 0 radical (unpaired) electrons. The number of carbonyl (C=O) groups is 1. The van der Waals surface area contributed by atoms with Gasteiger partial charge >= 0.3 is 0 Å². The molecular weight excluding hydrogens is 232 g/mol. The lowest BCUT2D eigenvalue weighted by molar-refractivity contribution is 0.0932. The minimum Gasteiger partial charge on any atom is -0.348 e. The Kier molecular flexibility index (Phi) is 3.40. The molecule has 0 saturated carbocycles. The molecule has 7 nitrogen and oxygen atoms in total. The van der Waals surface area contributed by atoms with Gasteiger partial charge in [-0.25, -0.2) is 4.98 Å². The molecule has 0 aliphatic carbocycles. The van der Waals surface area contributed by atoms with Crippen molar-refractivity contribution in [3.8, 4) is 0 Å². The highest BCUT2D eigenvalue weighted by Gasteiger charge is 2.18. The van der Waals surface area contributed by atoms with Crippen LogP contribution in [-0.4, -0.2) is 30.6 Å². The number of amides is 1. The zero-order valence-corrected chi connectivity index (χ0v) is 10.6. The van der Waals surface area contributed by atoms with Gasteiger partial charge in [0, 0.05) is 12.2 Å². The van der Waals surface area contributed by atoms with Crippen LogP contribution in [0.4, 0.5) is 0 Å². The zero-order chi connectivity index (χ0) is 13.1. The fraction of sp³-hybridized carbons (Fsp3) is 0.455. The first-order chi connectivity index (χ1) is 8.63. The lowest BCUT2D eigenvalue weighted by Gasteiger charge is -2.13. The number of hydrogen-bond acceptors (Lipinski definition) is 4. The summed E-state index contributed by atoms with van der Waals surface area (Å²) in [5.74, 6) is 0.519. The highest BCUT2D eigenvalue weighted by Crippen LogP contribution is 2.10. The van der Waals surface area contributed by atoms with Crippen LogP contribution < -0.4 is 5.32 Å². The number of aromatic nitrogens is 5. The number of imidazole rings is 1. The molecule has 2 heterocycles. The molecule has 18 heavy (non-hydrogen) atoms. The second kappa shape index (κ2) is 4.99. The standard InChI is InChI=1S/C11H16N6O/c1-4-17-6-14-16-10(17)8(3)15-11(18)9-7(2)12-5-13-9/h5-6,8H,4H2,1-3H3,(H,12,13)(H,15,18)/t8-/m1/s1. The van der Waals surface area contributed by atoms with Crippen molar-refractivity contribution in [1.29, 1.82) is 0 Å². The molecule has 1 amide bonds. The molecule has 0 unspecified atom stereocenters. The first kappa shape index (κ1) is 12.3. The molecule has 0 aliphatic rings. The van der Waals surface area contributed by atoms with Crippen molar-refractivity contribution in [3.63, 3.8) is 0 Å². The Hall–Kier alpha value is -2.18. The van der Waals surface area contributed by atoms with Crippen molar-refractivity contribution in [3.05, 3.63) is 29.9 Å². The van der Waals surface area contributed by atoms with Gasteiger partial charge in [-0.15, -0.1) is 10.2 Å². The number of rotatable bonds is 4. The monoisotopic (exact) mass is 248 g/mol. The Morgan fingerprint density at radius 1 is 1.61 bits per heavy atom. The van der Waals surface area contributed by atoms with E-state index in [9.17, 15) is 4.79 Å². The van der Waals surface area contributed by atoms with E-state index in [0.29, 0.717) is 5.69 Å². The Morgan fingerprint density at radius 3 is 3.00 bits per heavy atom. The summed E-state index contributed by atoms with van der Waals surface area (Å²) in [6, 6.07) is -0.212. The topological polar surface area (TPSA) is 88.5 Å². The molecule has 0 aliphatic heterocycles. The van der Waals surface area contributed by atoms with Crippen molar-refractivity contribution in [1.82, 2.24) is 30.0 Å². The predicted molar refractivity (Wildman–Crippen MR) is 64.9 cm³/mol. The molecule has 1 atom stereocenters. The summed E-state index contributed by atoms with van der Waals surface area (Å²) in [7, 11) is 0. The van der Waals surface area contributed by atoms with Crippen LogP contribution in [0.25, 0.3) is 0 Å². The molecule has 0 bridgehead atoms. The zero-order valence-electron chi connectivity index (χ0n) is 10.6. The van der Waals surface area contributed by atoms with Gasteiger partial charge < -0.3 is 14.9 Å². The Morgan fingerprint density at radius 2 is 2.39 bits per heavy atom. The summed E-state index contributed by atoms with van der Waals surface area (Å²) in [5.41, 5.74) is 1.15. The maximum atomic E-state index is 12.0. The SMILES string of the molecule is CCn1cnnc1[C@@H](C)NC(=O)c1nc[nH]c1C. The maximum absolute atomic E-state index is 12.0. The molecule has 7 heteroatoms. The predicted octanol–water partition coefficient (Wildman–Crippen LogP) is 0.821. The first-order valence-corrected chi connectivity index (χ1v) is 5.82. The lowest BCUT2D eigenvalue weighted by atomic mass is 10.2. The van der Waals surface area contributed by atoms with Gasteiger partial charge in [-0.2, -0.15) is 0 Å². The van der Waals surface area contributed by atoms with Gasteiger partial charge in [0.1, 0.15) is 12.0 Å². The van der Waals surface area contributed by atoms with Gasteiger partial charge in [0.2, 0.25) is 0 Å². The summed E-state index contributed by atoms with van der Waals surface area (Å²) < 4.78 is 1.89. The summed E-state index contributed by atoms with van der Waals surface area (Å²) in [6.07, 6.45) is 3.15. The molecule has 0 saturated heterocycles. The molecule has 0 spiro atoms. The normalized spacial score (nSPS) is 12.4. The van der Waals surface area contributed by atoms with Crippen molar-refractivity contribution < 1.29 is 4.79 Å². The van der Waals surface area contributed by atoms with Crippen molar-refractivity contribution in [2.45, 2.75) is 33.4 Å². The summed E-state index contributed by atoms with van der Waals surface area (Å²) in [4.78, 5) is 18.8. The van der Waals surface area contributed by atoms with E-state index in [0.717, 1.165) is 18.1 Å². The molecule has 0 aromatic carbocycles. The number of aromatic amines is 1. The van der Waals surface area contributed by atoms with Gasteiger partial charge in [-0.3, -0.25) is 4.79 Å². The largest absolute Gasteiger partial charge is 0.348 e. The third-order valence-electron chi connectivity index (χ3n) is 2.77. The quantitative estimate of drug-likeness (QED) is 0.838. The van der Waals surface area contributed by atoms with E-state index in [4.69, 9.17) is 0 Å². The van der Waals surface area contributed by atoms with Gasteiger partial charge in [0.25, 0.3) is 5.91 Å². The van der Waals surface area contributed by atoms with E-state index < -0.39 is 0 Å². The van der Waals surface area contributed by atoms with Crippen LogP contribution in [0.5, 0.6) is 0 Å². The van der Waals surface area contributed by atoms with E-state index >= 15 is 0 Å². The van der Waals surface area contributed by atoms with E-state index in [1.54, 1.807) is 13.3 Å². The first-order valence-electron chi connectivity index (χ1n) is 5.82. The van der Waals surface area contributed by atoms with Crippen LogP contribution in [0.2, 0.25) is 0 Å². The second-order valence-electron chi connectivity index (χ2n) is 4.05. The van der Waals surface area contributed by atoms with E-state index in [1.165, 1.54) is 6.33 Å². The fourth-order valence-electron chi connectivity index (χ4n) is 1.76. The van der Waals surface area contributed by atoms with Crippen LogP contribution in [0.3, 0.4) is 0 Å². The smallest absolute Gasteiger partial charge is 0.272 e. The second-order valence-corrected chi connectivity index (χ2v) is 4.05. The minimum atomic E-state index is -0.216. The number of aryl methyl sites for hydroxylation is 2. The van der Waals surface area contributed by atoms with E-state index in [2.05, 4.69) is 25.5 Å². The van der Waals surface area contributed by atoms with Crippen LogP contribution in [0.15, 0.2) is 12.7 Å². The maximum Gasteiger partial charge on any atom is 0.272 e. The molecule has 2 rings (SSSR count).